The van der Waals surface area contributed by atoms with Crippen LogP contribution in [0.3, 0.4) is 0 Å². The first-order chi connectivity index (χ1) is 9.25. The van der Waals surface area contributed by atoms with Gasteiger partial charge in [0.1, 0.15) is 4.99 Å². The number of halogens is 1. The minimum atomic E-state index is -3.56. The van der Waals surface area contributed by atoms with Crippen molar-refractivity contribution in [3.05, 3.63) is 28.8 Å². The Bertz CT molecular complexity index is 602. The molecule has 0 saturated carbocycles. The van der Waals surface area contributed by atoms with Gasteiger partial charge in [0.25, 0.3) is 0 Å². The summed E-state index contributed by atoms with van der Waals surface area (Å²) in [6.07, 6.45) is 0.742. The highest BCUT2D eigenvalue weighted by molar-refractivity contribution is 7.89. The van der Waals surface area contributed by atoms with Crippen LogP contribution in [-0.4, -0.2) is 30.3 Å². The Morgan fingerprint density at radius 1 is 1.45 bits per heavy atom. The quantitative estimate of drug-likeness (QED) is 0.812. The third-order valence-corrected chi connectivity index (χ3v) is 5.82. The largest absolute Gasteiger partial charge is 0.389 e. The molecule has 1 atom stereocenters. The zero-order valence-corrected chi connectivity index (χ0v) is 14.1. The van der Waals surface area contributed by atoms with Crippen LogP contribution in [0.2, 0.25) is 5.02 Å². The van der Waals surface area contributed by atoms with Gasteiger partial charge >= 0.3 is 0 Å². The van der Waals surface area contributed by atoms with E-state index in [1.54, 1.807) is 6.07 Å². The Morgan fingerprint density at radius 2 is 2.05 bits per heavy atom. The maximum atomic E-state index is 12.6. The lowest BCUT2D eigenvalue weighted by Crippen LogP contribution is -2.38. The van der Waals surface area contributed by atoms with E-state index in [-0.39, 0.29) is 20.9 Å². The zero-order chi connectivity index (χ0) is 15.5. The first kappa shape index (κ1) is 17.4. The molecule has 20 heavy (non-hydrogen) atoms. The molecule has 0 aliphatic rings. The molecule has 0 heterocycles. The smallest absolute Gasteiger partial charge is 0.243 e. The van der Waals surface area contributed by atoms with Gasteiger partial charge in [-0.2, -0.15) is 4.31 Å². The molecule has 7 heteroatoms. The summed E-state index contributed by atoms with van der Waals surface area (Å²) in [5, 5.41) is 0.249. The number of nitrogens with two attached hydrogens (primary N) is 1. The van der Waals surface area contributed by atoms with Crippen LogP contribution in [0.5, 0.6) is 0 Å². The SMILES string of the molecule is CCC(C)N(CC)S(=O)(=O)c1ccc(C(N)=S)c(Cl)c1. The Kier molecular flexibility index (Phi) is 5.94. The highest BCUT2D eigenvalue weighted by Crippen LogP contribution is 2.25. The van der Waals surface area contributed by atoms with Crippen molar-refractivity contribution in [1.82, 2.24) is 4.31 Å². The van der Waals surface area contributed by atoms with Gasteiger partial charge in [0.2, 0.25) is 10.0 Å². The van der Waals surface area contributed by atoms with E-state index in [0.29, 0.717) is 12.1 Å². The van der Waals surface area contributed by atoms with Gasteiger partial charge in [-0.25, -0.2) is 8.42 Å². The molecule has 0 aliphatic heterocycles. The molecule has 1 aromatic carbocycles. The molecule has 4 nitrogen and oxygen atoms in total. The van der Waals surface area contributed by atoms with Crippen molar-refractivity contribution >= 4 is 38.8 Å². The first-order valence-corrected chi connectivity index (χ1v) is 8.59. The van der Waals surface area contributed by atoms with Gasteiger partial charge < -0.3 is 5.73 Å². The fourth-order valence-corrected chi connectivity index (χ4v) is 4.24. The summed E-state index contributed by atoms with van der Waals surface area (Å²) in [4.78, 5) is 0.304. The summed E-state index contributed by atoms with van der Waals surface area (Å²) in [6.45, 7) is 6.05. The summed E-state index contributed by atoms with van der Waals surface area (Å²) in [6, 6.07) is 4.36. The third-order valence-electron chi connectivity index (χ3n) is 3.21. The van der Waals surface area contributed by atoms with Crippen molar-refractivity contribution in [2.75, 3.05) is 6.54 Å². The Morgan fingerprint density at radius 3 is 2.45 bits per heavy atom. The molecule has 0 spiro atoms. The normalized spacial score (nSPS) is 13.4. The molecular weight excluding hydrogens is 316 g/mol. The maximum Gasteiger partial charge on any atom is 0.243 e. The van der Waals surface area contributed by atoms with E-state index in [4.69, 9.17) is 29.6 Å². The van der Waals surface area contributed by atoms with E-state index in [0.717, 1.165) is 6.42 Å². The van der Waals surface area contributed by atoms with Crippen LogP contribution in [-0.2, 0) is 10.0 Å². The van der Waals surface area contributed by atoms with Crippen LogP contribution in [0.1, 0.15) is 32.8 Å². The minimum absolute atomic E-state index is 0.0703. The molecule has 0 fully saturated rings. The summed E-state index contributed by atoms with van der Waals surface area (Å²) in [7, 11) is -3.56. The van der Waals surface area contributed by atoms with Crippen molar-refractivity contribution < 1.29 is 8.42 Å². The average Bonchev–Trinajstić information content (AvgIpc) is 2.38. The minimum Gasteiger partial charge on any atom is -0.389 e. The number of sulfonamides is 1. The summed E-state index contributed by atoms with van der Waals surface area (Å²) in [5.41, 5.74) is 6.00. The van der Waals surface area contributed by atoms with Crippen LogP contribution in [0.4, 0.5) is 0 Å². The number of rotatable bonds is 6. The van der Waals surface area contributed by atoms with Crippen LogP contribution < -0.4 is 5.73 Å². The lowest BCUT2D eigenvalue weighted by molar-refractivity contribution is 0.342. The van der Waals surface area contributed by atoms with Crippen LogP contribution in [0.25, 0.3) is 0 Å². The molecule has 0 bridgehead atoms. The molecule has 112 valence electrons. The standard InChI is InChI=1S/C13H19ClN2O2S2/c1-4-9(3)16(5-2)20(17,18)10-6-7-11(13(15)19)12(14)8-10/h6-9H,4-5H2,1-3H3,(H2,15,19). The predicted molar refractivity (Wildman–Crippen MR) is 86.7 cm³/mol. The zero-order valence-electron chi connectivity index (χ0n) is 11.8. The third kappa shape index (κ3) is 3.49. The second-order valence-electron chi connectivity index (χ2n) is 4.47. The highest BCUT2D eigenvalue weighted by atomic mass is 35.5. The van der Waals surface area contributed by atoms with Gasteiger partial charge in [-0.1, -0.05) is 37.7 Å². The van der Waals surface area contributed by atoms with Crippen molar-refractivity contribution in [1.29, 1.82) is 0 Å². The maximum absolute atomic E-state index is 12.6. The lowest BCUT2D eigenvalue weighted by atomic mass is 10.2. The molecule has 0 saturated heterocycles. The van der Waals surface area contributed by atoms with Crippen molar-refractivity contribution in [2.45, 2.75) is 38.1 Å². The Balaban J connectivity index is 3.29. The molecule has 0 aliphatic carbocycles. The average molecular weight is 335 g/mol. The van der Waals surface area contributed by atoms with E-state index in [9.17, 15) is 8.42 Å². The highest BCUT2D eigenvalue weighted by Gasteiger charge is 2.27. The predicted octanol–water partition coefficient (Wildman–Crippen LogP) is 2.78. The molecular formula is C13H19ClN2O2S2. The van der Waals surface area contributed by atoms with Gasteiger partial charge in [-0.3, -0.25) is 0 Å². The van der Waals surface area contributed by atoms with Crippen molar-refractivity contribution in [3.8, 4) is 0 Å². The molecule has 1 aromatic rings. The topological polar surface area (TPSA) is 63.4 Å². The summed E-state index contributed by atoms with van der Waals surface area (Å²) < 4.78 is 26.7. The van der Waals surface area contributed by atoms with Crippen molar-refractivity contribution in [3.63, 3.8) is 0 Å². The van der Waals surface area contributed by atoms with Crippen molar-refractivity contribution in [2.24, 2.45) is 5.73 Å². The first-order valence-electron chi connectivity index (χ1n) is 6.36. The lowest BCUT2D eigenvalue weighted by Gasteiger charge is -2.26. The van der Waals surface area contributed by atoms with E-state index >= 15 is 0 Å². The molecule has 0 radical (unpaired) electrons. The monoisotopic (exact) mass is 334 g/mol. The summed E-state index contributed by atoms with van der Waals surface area (Å²) in [5.74, 6) is 0. The number of thiocarbonyl (C=S) groups is 1. The molecule has 0 amide bonds. The van der Waals surface area contributed by atoms with Gasteiger partial charge in [0, 0.05) is 18.2 Å². The fourth-order valence-electron chi connectivity index (χ4n) is 1.91. The number of benzene rings is 1. The summed E-state index contributed by atoms with van der Waals surface area (Å²) >= 11 is 10.9. The van der Waals surface area contributed by atoms with E-state index in [2.05, 4.69) is 0 Å². The molecule has 1 unspecified atom stereocenters. The van der Waals surface area contributed by atoms with Gasteiger partial charge in [-0.15, -0.1) is 0 Å². The van der Waals surface area contributed by atoms with Gasteiger partial charge in [-0.05, 0) is 31.5 Å². The number of hydrogen-bond donors (Lipinski definition) is 1. The van der Waals surface area contributed by atoms with Crippen LogP contribution in [0, 0.1) is 0 Å². The van der Waals surface area contributed by atoms with E-state index in [1.807, 2.05) is 20.8 Å². The molecule has 1 rings (SSSR count). The molecule has 0 aromatic heterocycles. The second-order valence-corrected chi connectivity index (χ2v) is 7.21. The van der Waals surface area contributed by atoms with E-state index in [1.165, 1.54) is 16.4 Å². The Labute approximate surface area is 131 Å². The Hall–Kier alpha value is -0.690. The fraction of sp³-hybridized carbons (Fsp3) is 0.462. The van der Waals surface area contributed by atoms with Gasteiger partial charge in [0.15, 0.2) is 0 Å². The van der Waals surface area contributed by atoms with Gasteiger partial charge in [0.05, 0.1) is 9.92 Å². The second kappa shape index (κ2) is 6.85. The van der Waals surface area contributed by atoms with E-state index < -0.39 is 10.0 Å². The number of nitrogens with zero attached hydrogens (tertiary/aromatic N) is 1. The van der Waals surface area contributed by atoms with Crippen LogP contribution in [0.15, 0.2) is 23.1 Å². The molecule has 2 N–H and O–H groups in total. The van der Waals surface area contributed by atoms with Crippen LogP contribution >= 0.6 is 23.8 Å². The number of hydrogen-bond acceptors (Lipinski definition) is 3.